The van der Waals surface area contributed by atoms with Crippen molar-refractivity contribution < 1.29 is 17.9 Å². The molecule has 1 atom stereocenters. The summed E-state index contributed by atoms with van der Waals surface area (Å²) in [5, 5.41) is 3.59. The summed E-state index contributed by atoms with van der Waals surface area (Å²) in [6.45, 7) is 0. The van der Waals surface area contributed by atoms with Gasteiger partial charge in [0.1, 0.15) is 5.75 Å². The Bertz CT molecular complexity index is 1560. The highest BCUT2D eigenvalue weighted by Crippen LogP contribution is 2.35. The molecular formula is C29H25ClN2O4S. The minimum Gasteiger partial charge on any atom is -0.496 e. The molecule has 188 valence electrons. The highest BCUT2D eigenvalue weighted by Gasteiger charge is 2.27. The number of anilines is 1. The fourth-order valence-electron chi connectivity index (χ4n) is 4.67. The van der Waals surface area contributed by atoms with Gasteiger partial charge in [0, 0.05) is 22.3 Å². The van der Waals surface area contributed by atoms with Crippen molar-refractivity contribution in [2.24, 2.45) is 0 Å². The molecular weight excluding hydrogens is 508 g/mol. The number of carbonyl (C=O) groups excluding carboxylic acids is 1. The van der Waals surface area contributed by atoms with Gasteiger partial charge in [-0.05, 0) is 78.1 Å². The van der Waals surface area contributed by atoms with Crippen LogP contribution >= 0.6 is 11.6 Å². The molecule has 5 rings (SSSR count). The van der Waals surface area contributed by atoms with Gasteiger partial charge in [0.05, 0.1) is 17.6 Å². The lowest BCUT2D eigenvalue weighted by Crippen LogP contribution is -2.35. The van der Waals surface area contributed by atoms with Gasteiger partial charge in [-0.3, -0.25) is 4.79 Å². The van der Waals surface area contributed by atoms with Crippen molar-refractivity contribution in [1.82, 2.24) is 4.72 Å². The Hall–Kier alpha value is -3.65. The molecule has 1 aliphatic carbocycles. The summed E-state index contributed by atoms with van der Waals surface area (Å²) in [6, 6.07) is 26.4. The summed E-state index contributed by atoms with van der Waals surface area (Å²) in [5.41, 5.74) is 4.66. The van der Waals surface area contributed by atoms with E-state index in [1.165, 1.54) is 0 Å². The Labute approximate surface area is 221 Å². The Balaban J connectivity index is 1.35. The number of ether oxygens (including phenoxy) is 1. The van der Waals surface area contributed by atoms with Crippen molar-refractivity contribution in [3.8, 4) is 16.9 Å². The Morgan fingerprint density at radius 3 is 2.35 bits per heavy atom. The molecule has 0 aromatic heterocycles. The summed E-state index contributed by atoms with van der Waals surface area (Å²) in [6.07, 6.45) is 1.13. The molecule has 8 heteroatoms. The van der Waals surface area contributed by atoms with Gasteiger partial charge in [0.25, 0.3) is 5.91 Å². The predicted octanol–water partition coefficient (Wildman–Crippen LogP) is 5.71. The molecule has 2 N–H and O–H groups in total. The number of methoxy groups -OCH3 is 1. The maximum atomic E-state index is 13.4. The molecule has 4 aromatic carbocycles. The quantitative estimate of drug-likeness (QED) is 0.319. The van der Waals surface area contributed by atoms with Gasteiger partial charge in [0.15, 0.2) is 0 Å². The maximum absolute atomic E-state index is 13.4. The van der Waals surface area contributed by atoms with Crippen LogP contribution < -0.4 is 14.8 Å². The number of halogens is 1. The van der Waals surface area contributed by atoms with Gasteiger partial charge in [-0.15, -0.1) is 0 Å². The average Bonchev–Trinajstić information content (AvgIpc) is 3.30. The van der Waals surface area contributed by atoms with Gasteiger partial charge in [-0.1, -0.05) is 54.1 Å². The second-order valence-electron chi connectivity index (χ2n) is 8.87. The largest absolute Gasteiger partial charge is 0.496 e. The van der Waals surface area contributed by atoms with Crippen molar-refractivity contribution >= 4 is 33.2 Å². The molecule has 0 radical (unpaired) electrons. The van der Waals surface area contributed by atoms with E-state index in [1.54, 1.807) is 61.7 Å². The molecule has 37 heavy (non-hydrogen) atoms. The van der Waals surface area contributed by atoms with Gasteiger partial charge < -0.3 is 10.1 Å². The normalized spacial score (nSPS) is 14.7. The summed E-state index contributed by atoms with van der Waals surface area (Å²) in [7, 11) is -2.04. The van der Waals surface area contributed by atoms with E-state index in [2.05, 4.69) is 10.0 Å². The lowest BCUT2D eigenvalue weighted by atomic mass is 9.97. The Kier molecular flexibility index (Phi) is 7.02. The minimum atomic E-state index is -3.61. The summed E-state index contributed by atoms with van der Waals surface area (Å²) >= 11 is 6.06. The third-order valence-corrected chi connectivity index (χ3v) is 8.18. The molecule has 0 saturated carbocycles. The second kappa shape index (κ2) is 10.4. The SMILES string of the molecule is COc1cccc(C(=O)Nc2ccc3c(c2)C[C@@H](NS(=O)(=O)c2ccccc2)C3)c1-c1ccc(Cl)cc1. The number of amides is 1. The van der Waals surface area contributed by atoms with Crippen LogP contribution in [0.25, 0.3) is 11.1 Å². The van der Waals surface area contributed by atoms with E-state index in [-0.39, 0.29) is 16.8 Å². The van der Waals surface area contributed by atoms with E-state index in [0.717, 1.165) is 16.7 Å². The van der Waals surface area contributed by atoms with E-state index < -0.39 is 10.0 Å². The van der Waals surface area contributed by atoms with Crippen LogP contribution in [-0.4, -0.2) is 27.5 Å². The zero-order valence-corrected chi connectivity index (χ0v) is 21.6. The smallest absolute Gasteiger partial charge is 0.256 e. The van der Waals surface area contributed by atoms with Crippen LogP contribution in [0.2, 0.25) is 5.02 Å². The molecule has 0 saturated heterocycles. The summed E-state index contributed by atoms with van der Waals surface area (Å²) < 4.78 is 33.8. The molecule has 4 aromatic rings. The van der Waals surface area contributed by atoms with Crippen molar-refractivity contribution in [3.63, 3.8) is 0 Å². The van der Waals surface area contributed by atoms with Crippen LogP contribution in [0.4, 0.5) is 5.69 Å². The topological polar surface area (TPSA) is 84.5 Å². The standard InChI is InChI=1S/C29H25ClN2O4S/c1-36-27-9-5-8-26(28(27)19-10-13-22(30)14-11-19)29(33)31-23-15-12-20-16-24(18-21(20)17-23)32-37(34,35)25-6-3-2-4-7-25/h2-15,17,24,32H,16,18H2,1H3,(H,31,33)/t24-/m0/s1. The first-order chi connectivity index (χ1) is 17.8. The molecule has 0 bridgehead atoms. The monoisotopic (exact) mass is 532 g/mol. The number of fused-ring (bicyclic) bond motifs is 1. The number of rotatable bonds is 7. The number of benzene rings is 4. The van der Waals surface area contributed by atoms with E-state index in [4.69, 9.17) is 16.3 Å². The number of hydrogen-bond donors (Lipinski definition) is 2. The first-order valence-electron chi connectivity index (χ1n) is 11.8. The minimum absolute atomic E-state index is 0.244. The second-order valence-corrected chi connectivity index (χ2v) is 11.0. The number of carbonyl (C=O) groups is 1. The lowest BCUT2D eigenvalue weighted by molar-refractivity contribution is 0.102. The van der Waals surface area contributed by atoms with Gasteiger partial charge in [-0.2, -0.15) is 0 Å². The fourth-order valence-corrected chi connectivity index (χ4v) is 6.05. The zero-order chi connectivity index (χ0) is 26.0. The summed E-state index contributed by atoms with van der Waals surface area (Å²) in [4.78, 5) is 13.6. The van der Waals surface area contributed by atoms with Gasteiger partial charge in [-0.25, -0.2) is 13.1 Å². The van der Waals surface area contributed by atoms with Crippen LogP contribution in [0.15, 0.2) is 95.9 Å². The molecule has 6 nitrogen and oxygen atoms in total. The Morgan fingerprint density at radius 2 is 1.62 bits per heavy atom. The predicted molar refractivity (Wildman–Crippen MR) is 146 cm³/mol. The van der Waals surface area contributed by atoms with Crippen molar-refractivity contribution in [3.05, 3.63) is 113 Å². The first-order valence-corrected chi connectivity index (χ1v) is 13.6. The average molecular weight is 533 g/mol. The Morgan fingerprint density at radius 1 is 0.892 bits per heavy atom. The van der Waals surface area contributed by atoms with Crippen LogP contribution in [0, 0.1) is 0 Å². The molecule has 0 fully saturated rings. The molecule has 1 amide bonds. The van der Waals surface area contributed by atoms with Crippen LogP contribution in [-0.2, 0) is 22.9 Å². The fraction of sp³-hybridized carbons (Fsp3) is 0.138. The molecule has 0 aliphatic heterocycles. The molecule has 0 spiro atoms. The molecule has 1 aliphatic rings. The third-order valence-electron chi connectivity index (χ3n) is 6.40. The van der Waals surface area contributed by atoms with E-state index >= 15 is 0 Å². The highest BCUT2D eigenvalue weighted by molar-refractivity contribution is 7.89. The van der Waals surface area contributed by atoms with Crippen molar-refractivity contribution in [2.45, 2.75) is 23.8 Å². The zero-order valence-electron chi connectivity index (χ0n) is 20.1. The van der Waals surface area contributed by atoms with Crippen LogP contribution in [0.3, 0.4) is 0 Å². The van der Waals surface area contributed by atoms with E-state index in [0.29, 0.717) is 40.4 Å². The molecule has 0 unspecified atom stereocenters. The number of sulfonamides is 1. The van der Waals surface area contributed by atoms with E-state index in [9.17, 15) is 13.2 Å². The van der Waals surface area contributed by atoms with Gasteiger partial charge >= 0.3 is 0 Å². The molecule has 0 heterocycles. The third kappa shape index (κ3) is 5.39. The van der Waals surface area contributed by atoms with Crippen molar-refractivity contribution in [2.75, 3.05) is 12.4 Å². The lowest BCUT2D eigenvalue weighted by Gasteiger charge is -2.15. The summed E-state index contributed by atoms with van der Waals surface area (Å²) in [5.74, 6) is 0.306. The van der Waals surface area contributed by atoms with Crippen LogP contribution in [0.5, 0.6) is 5.75 Å². The highest BCUT2D eigenvalue weighted by atomic mass is 35.5. The van der Waals surface area contributed by atoms with E-state index in [1.807, 2.05) is 36.4 Å². The number of nitrogens with one attached hydrogen (secondary N) is 2. The first kappa shape index (κ1) is 25.0. The maximum Gasteiger partial charge on any atom is 0.256 e. The van der Waals surface area contributed by atoms with Gasteiger partial charge in [0.2, 0.25) is 10.0 Å². The van der Waals surface area contributed by atoms with Crippen LogP contribution in [0.1, 0.15) is 21.5 Å². The van der Waals surface area contributed by atoms with Crippen molar-refractivity contribution in [1.29, 1.82) is 0 Å². The number of hydrogen-bond acceptors (Lipinski definition) is 4.